The fourth-order valence-corrected chi connectivity index (χ4v) is 1.45. The molecule has 88 valence electrons. The van der Waals surface area contributed by atoms with Gasteiger partial charge >= 0.3 is 5.97 Å². The molecule has 0 saturated heterocycles. The molecular formula is C11H12N4O2. The normalized spacial score (nSPS) is 10.2. The van der Waals surface area contributed by atoms with E-state index in [0.29, 0.717) is 11.5 Å². The van der Waals surface area contributed by atoms with E-state index in [2.05, 4.69) is 14.8 Å². The number of rotatable bonds is 2. The largest absolute Gasteiger partial charge is 0.465 e. The third kappa shape index (κ3) is 2.10. The summed E-state index contributed by atoms with van der Waals surface area (Å²) in [5.41, 5.74) is 7.26. The molecule has 0 fully saturated rings. The first kappa shape index (κ1) is 11.1. The number of nitrogens with two attached hydrogens (primary N) is 1. The molecule has 2 rings (SSSR count). The molecule has 2 N–H and O–H groups in total. The Balaban J connectivity index is 2.57. The highest BCUT2D eigenvalue weighted by atomic mass is 16.5. The van der Waals surface area contributed by atoms with Crippen LogP contribution in [0.25, 0.3) is 5.82 Å². The van der Waals surface area contributed by atoms with Crippen molar-refractivity contribution in [1.82, 2.24) is 14.8 Å². The smallest absolute Gasteiger partial charge is 0.341 e. The Bertz CT molecular complexity index is 562. The van der Waals surface area contributed by atoms with Gasteiger partial charge in [-0.15, -0.1) is 0 Å². The van der Waals surface area contributed by atoms with E-state index in [1.54, 1.807) is 12.4 Å². The second-order valence-corrected chi connectivity index (χ2v) is 3.59. The molecule has 2 aromatic rings. The number of hydrogen-bond donors (Lipinski definition) is 1. The van der Waals surface area contributed by atoms with Crippen LogP contribution in [0.5, 0.6) is 0 Å². The summed E-state index contributed by atoms with van der Waals surface area (Å²) in [7, 11) is 1.31. The van der Waals surface area contributed by atoms with Crippen molar-refractivity contribution >= 4 is 11.7 Å². The molecule has 17 heavy (non-hydrogen) atoms. The van der Waals surface area contributed by atoms with E-state index in [1.165, 1.54) is 24.1 Å². The molecular weight excluding hydrogens is 220 g/mol. The van der Waals surface area contributed by atoms with Crippen LogP contribution in [0.3, 0.4) is 0 Å². The highest BCUT2D eigenvalue weighted by molar-refractivity contribution is 5.93. The van der Waals surface area contributed by atoms with E-state index >= 15 is 0 Å². The summed E-state index contributed by atoms with van der Waals surface area (Å²) in [5.74, 6) is -0.0906. The molecule has 0 aromatic carbocycles. The molecule has 0 aliphatic rings. The first-order chi connectivity index (χ1) is 8.11. The molecule has 0 unspecified atom stereocenters. The van der Waals surface area contributed by atoms with E-state index in [1.807, 2.05) is 6.92 Å². The zero-order valence-corrected chi connectivity index (χ0v) is 9.54. The summed E-state index contributed by atoms with van der Waals surface area (Å²) in [6.45, 7) is 1.90. The topological polar surface area (TPSA) is 83.0 Å². The van der Waals surface area contributed by atoms with Crippen molar-refractivity contribution in [2.24, 2.45) is 0 Å². The quantitative estimate of drug-likeness (QED) is 0.779. The van der Waals surface area contributed by atoms with Gasteiger partial charge in [-0.2, -0.15) is 5.10 Å². The number of carbonyl (C=O) groups is 1. The Morgan fingerprint density at radius 2 is 2.24 bits per heavy atom. The van der Waals surface area contributed by atoms with Gasteiger partial charge in [0.2, 0.25) is 0 Å². The van der Waals surface area contributed by atoms with Crippen molar-refractivity contribution < 1.29 is 9.53 Å². The second kappa shape index (κ2) is 4.25. The van der Waals surface area contributed by atoms with Crippen molar-refractivity contribution in [3.8, 4) is 5.82 Å². The van der Waals surface area contributed by atoms with E-state index < -0.39 is 5.97 Å². The van der Waals surface area contributed by atoms with E-state index in [0.717, 1.165) is 5.56 Å². The van der Waals surface area contributed by atoms with Crippen molar-refractivity contribution in [2.45, 2.75) is 6.92 Å². The van der Waals surface area contributed by atoms with Crippen LogP contribution in [0.2, 0.25) is 0 Å². The lowest BCUT2D eigenvalue weighted by atomic mass is 10.2. The SMILES string of the molecule is COC(=O)c1cc(N)cnc1-n1cc(C)cn1. The van der Waals surface area contributed by atoms with Gasteiger partial charge in [-0.25, -0.2) is 14.5 Å². The second-order valence-electron chi connectivity index (χ2n) is 3.59. The van der Waals surface area contributed by atoms with E-state index in [9.17, 15) is 4.79 Å². The van der Waals surface area contributed by atoms with Gasteiger partial charge in [0, 0.05) is 6.20 Å². The average Bonchev–Trinajstić information content (AvgIpc) is 2.74. The number of aryl methyl sites for hydroxylation is 1. The van der Waals surface area contributed by atoms with Gasteiger partial charge in [-0.05, 0) is 18.6 Å². The highest BCUT2D eigenvalue weighted by Crippen LogP contribution is 2.15. The predicted octanol–water partition coefficient (Wildman–Crippen LogP) is 0.945. The molecule has 0 radical (unpaired) electrons. The number of pyridine rings is 1. The first-order valence-corrected chi connectivity index (χ1v) is 4.97. The lowest BCUT2D eigenvalue weighted by molar-refractivity contribution is 0.0600. The number of carbonyl (C=O) groups excluding carboxylic acids is 1. The van der Waals surface area contributed by atoms with Gasteiger partial charge in [0.15, 0.2) is 5.82 Å². The van der Waals surface area contributed by atoms with Crippen LogP contribution in [0.1, 0.15) is 15.9 Å². The summed E-state index contributed by atoms with van der Waals surface area (Å²) in [6.07, 6.45) is 4.92. The summed E-state index contributed by atoms with van der Waals surface area (Å²) >= 11 is 0. The minimum Gasteiger partial charge on any atom is -0.465 e. The third-order valence-corrected chi connectivity index (χ3v) is 2.22. The Morgan fingerprint density at radius 3 is 2.82 bits per heavy atom. The number of methoxy groups -OCH3 is 1. The summed E-state index contributed by atoms with van der Waals surface area (Å²) < 4.78 is 6.20. The molecule has 2 heterocycles. The Labute approximate surface area is 98.0 Å². The number of nitrogen functional groups attached to an aromatic ring is 1. The zero-order chi connectivity index (χ0) is 12.4. The maximum absolute atomic E-state index is 11.6. The van der Waals surface area contributed by atoms with Gasteiger partial charge < -0.3 is 10.5 Å². The van der Waals surface area contributed by atoms with E-state index in [-0.39, 0.29) is 5.56 Å². The van der Waals surface area contributed by atoms with Crippen molar-refractivity contribution in [3.63, 3.8) is 0 Å². The van der Waals surface area contributed by atoms with Crippen molar-refractivity contribution in [3.05, 3.63) is 35.8 Å². The van der Waals surface area contributed by atoms with Crippen molar-refractivity contribution in [2.75, 3.05) is 12.8 Å². The van der Waals surface area contributed by atoms with Gasteiger partial charge in [0.1, 0.15) is 5.56 Å². The molecule has 0 saturated carbocycles. The maximum Gasteiger partial charge on any atom is 0.341 e. The van der Waals surface area contributed by atoms with Gasteiger partial charge in [0.25, 0.3) is 0 Å². The Kier molecular flexibility index (Phi) is 2.78. The number of hydrogen-bond acceptors (Lipinski definition) is 5. The van der Waals surface area contributed by atoms with Crippen LogP contribution >= 0.6 is 0 Å². The first-order valence-electron chi connectivity index (χ1n) is 4.97. The summed E-state index contributed by atoms with van der Waals surface area (Å²) in [4.78, 5) is 15.7. The monoisotopic (exact) mass is 232 g/mol. The van der Waals surface area contributed by atoms with Crippen LogP contribution < -0.4 is 5.73 Å². The summed E-state index contributed by atoms with van der Waals surface area (Å²) in [5, 5.41) is 4.10. The molecule has 2 aromatic heterocycles. The minimum atomic E-state index is -0.493. The maximum atomic E-state index is 11.6. The average molecular weight is 232 g/mol. The van der Waals surface area contributed by atoms with Gasteiger partial charge in [-0.1, -0.05) is 0 Å². The van der Waals surface area contributed by atoms with Crippen LogP contribution in [0.4, 0.5) is 5.69 Å². The molecule has 6 heteroatoms. The molecule has 0 amide bonds. The molecule has 0 aliphatic carbocycles. The van der Waals surface area contributed by atoms with Crippen LogP contribution in [-0.4, -0.2) is 27.8 Å². The lowest BCUT2D eigenvalue weighted by Gasteiger charge is -2.07. The molecule has 0 spiro atoms. The number of ether oxygens (including phenoxy) is 1. The molecule has 0 aliphatic heterocycles. The predicted molar refractivity (Wildman–Crippen MR) is 61.8 cm³/mol. The van der Waals surface area contributed by atoms with Crippen LogP contribution in [0, 0.1) is 6.92 Å². The minimum absolute atomic E-state index is 0.288. The fourth-order valence-electron chi connectivity index (χ4n) is 1.45. The standard InChI is InChI=1S/C11H12N4O2/c1-7-4-14-15(6-7)10-9(11(16)17-2)3-8(12)5-13-10/h3-6H,12H2,1-2H3. The number of aromatic nitrogens is 3. The highest BCUT2D eigenvalue weighted by Gasteiger charge is 2.15. The molecule has 6 nitrogen and oxygen atoms in total. The van der Waals surface area contributed by atoms with E-state index in [4.69, 9.17) is 5.73 Å². The van der Waals surface area contributed by atoms with Crippen LogP contribution in [0.15, 0.2) is 24.7 Å². The lowest BCUT2D eigenvalue weighted by Crippen LogP contribution is -2.11. The zero-order valence-electron chi connectivity index (χ0n) is 9.54. The van der Waals surface area contributed by atoms with Crippen molar-refractivity contribution in [1.29, 1.82) is 0 Å². The van der Waals surface area contributed by atoms with Crippen LogP contribution in [-0.2, 0) is 4.74 Å². The number of nitrogens with zero attached hydrogens (tertiary/aromatic N) is 3. The van der Waals surface area contributed by atoms with Gasteiger partial charge in [0.05, 0.1) is 25.2 Å². The fraction of sp³-hybridized carbons (Fsp3) is 0.182. The number of esters is 1. The molecule has 0 bridgehead atoms. The summed E-state index contributed by atoms with van der Waals surface area (Å²) in [6, 6.07) is 1.52. The van der Waals surface area contributed by atoms with Gasteiger partial charge in [-0.3, -0.25) is 0 Å². The molecule has 0 atom stereocenters. The third-order valence-electron chi connectivity index (χ3n) is 2.22. The Morgan fingerprint density at radius 1 is 1.47 bits per heavy atom. The Hall–Kier alpha value is -2.37. The number of anilines is 1.